The summed E-state index contributed by atoms with van der Waals surface area (Å²) in [6.45, 7) is 2.17. The first-order chi connectivity index (χ1) is 11.2. The molecule has 23 heavy (non-hydrogen) atoms. The van der Waals surface area contributed by atoms with E-state index in [1.165, 1.54) is 0 Å². The largest absolute Gasteiger partial charge is 0.618 e. The Labute approximate surface area is 134 Å². The lowest BCUT2D eigenvalue weighted by Crippen LogP contribution is -2.31. The summed E-state index contributed by atoms with van der Waals surface area (Å²) in [7, 11) is 0. The summed E-state index contributed by atoms with van der Waals surface area (Å²) >= 11 is 0. The monoisotopic (exact) mass is 307 g/mol. The number of carbonyl (C=O) groups is 1. The molecule has 0 aliphatic carbocycles. The van der Waals surface area contributed by atoms with Crippen molar-refractivity contribution >= 4 is 17.2 Å². The average molecular weight is 307 g/mol. The number of hydrogen-bond donors (Lipinski definition) is 0. The van der Waals surface area contributed by atoms with Crippen LogP contribution in [0.2, 0.25) is 0 Å². The second-order valence-electron chi connectivity index (χ2n) is 5.43. The van der Waals surface area contributed by atoms with Gasteiger partial charge in [0.1, 0.15) is 18.6 Å². The van der Waals surface area contributed by atoms with Crippen molar-refractivity contribution in [2.75, 3.05) is 0 Å². The molecule has 0 aliphatic heterocycles. The first-order valence-corrected chi connectivity index (χ1v) is 7.45. The van der Waals surface area contributed by atoms with E-state index in [-0.39, 0.29) is 0 Å². The fourth-order valence-corrected chi connectivity index (χ4v) is 2.60. The van der Waals surface area contributed by atoms with Crippen LogP contribution in [0.1, 0.15) is 16.8 Å². The van der Waals surface area contributed by atoms with Gasteiger partial charge < -0.3 is 14.7 Å². The van der Waals surface area contributed by atoms with Gasteiger partial charge in [0.25, 0.3) is 0 Å². The van der Waals surface area contributed by atoms with Crippen molar-refractivity contribution in [2.24, 2.45) is 0 Å². The van der Waals surface area contributed by atoms with Crippen LogP contribution in [0.4, 0.5) is 0 Å². The van der Waals surface area contributed by atoms with Gasteiger partial charge in [0, 0.05) is 31.0 Å². The van der Waals surface area contributed by atoms with E-state index in [0.717, 1.165) is 33.3 Å². The number of rotatable bonds is 5. The number of pyridine rings is 1. The highest BCUT2D eigenvalue weighted by molar-refractivity contribution is 5.79. The lowest BCUT2D eigenvalue weighted by molar-refractivity contribution is -0.584. The minimum atomic E-state index is 0.384. The third-order valence-electron chi connectivity index (χ3n) is 3.81. The molecule has 2 aromatic carbocycles. The van der Waals surface area contributed by atoms with Crippen LogP contribution < -0.4 is 9.47 Å². The number of nitrogens with zero attached hydrogens (tertiary/aromatic N) is 1. The second-order valence-corrected chi connectivity index (χ2v) is 5.43. The Morgan fingerprint density at radius 3 is 2.61 bits per heavy atom. The third-order valence-corrected chi connectivity index (χ3v) is 3.81. The van der Waals surface area contributed by atoms with Crippen LogP contribution in [0, 0.1) is 12.1 Å². The molecule has 0 aliphatic rings. The number of aryl methyl sites for hydroxylation is 1. The molecule has 4 nitrogen and oxygen atoms in total. The molecule has 1 heterocycles. The van der Waals surface area contributed by atoms with Gasteiger partial charge in [-0.25, -0.2) is 0 Å². The fourth-order valence-electron chi connectivity index (χ4n) is 2.60. The molecule has 0 saturated carbocycles. The summed E-state index contributed by atoms with van der Waals surface area (Å²) in [5.74, 6) is 0.736. The van der Waals surface area contributed by atoms with Crippen molar-refractivity contribution in [3.05, 3.63) is 76.6 Å². The van der Waals surface area contributed by atoms with Crippen LogP contribution in [-0.4, -0.2) is 6.29 Å². The molecular formula is C19H17NO3. The van der Waals surface area contributed by atoms with E-state index in [2.05, 4.69) is 0 Å². The molecule has 3 aromatic rings. The number of hydrogen-bond acceptors (Lipinski definition) is 3. The maximum Gasteiger partial charge on any atom is 0.224 e. The number of ether oxygens (including phenoxy) is 1. The molecule has 1 aromatic heterocycles. The lowest BCUT2D eigenvalue weighted by atomic mass is 10.1. The van der Waals surface area contributed by atoms with E-state index in [1.54, 1.807) is 6.92 Å². The number of aldehydes is 1. The van der Waals surface area contributed by atoms with Crippen molar-refractivity contribution in [3.63, 3.8) is 0 Å². The van der Waals surface area contributed by atoms with Crippen LogP contribution in [0.5, 0.6) is 5.75 Å². The number of benzene rings is 2. The molecular weight excluding hydrogens is 290 g/mol. The predicted octanol–water partition coefficient (Wildman–Crippen LogP) is 3.10. The molecule has 116 valence electrons. The zero-order valence-electron chi connectivity index (χ0n) is 12.9. The van der Waals surface area contributed by atoms with Gasteiger partial charge in [0.2, 0.25) is 5.52 Å². The average Bonchev–Trinajstić information content (AvgIpc) is 2.58. The van der Waals surface area contributed by atoms with E-state index in [0.29, 0.717) is 24.2 Å². The molecule has 0 bridgehead atoms. The Balaban J connectivity index is 1.84. The van der Waals surface area contributed by atoms with Crippen LogP contribution >= 0.6 is 0 Å². The van der Waals surface area contributed by atoms with Gasteiger partial charge in [-0.3, -0.25) is 0 Å². The maximum absolute atomic E-state index is 12.1. The smallest absolute Gasteiger partial charge is 0.224 e. The first-order valence-electron chi connectivity index (χ1n) is 7.45. The van der Waals surface area contributed by atoms with Crippen molar-refractivity contribution in [1.29, 1.82) is 0 Å². The molecule has 0 radical (unpaired) electrons. The Morgan fingerprint density at radius 1 is 1.13 bits per heavy atom. The summed E-state index contributed by atoms with van der Waals surface area (Å²) < 4.78 is 6.77. The van der Waals surface area contributed by atoms with E-state index in [1.807, 2.05) is 54.6 Å². The molecule has 4 heteroatoms. The van der Waals surface area contributed by atoms with Gasteiger partial charge in [0.05, 0.1) is 5.39 Å². The lowest BCUT2D eigenvalue weighted by Gasteiger charge is -2.11. The normalized spacial score (nSPS) is 10.7. The Hall–Kier alpha value is -2.88. The third kappa shape index (κ3) is 3.16. The topological polar surface area (TPSA) is 53.2 Å². The number of aromatic nitrogens is 1. The van der Waals surface area contributed by atoms with Crippen molar-refractivity contribution in [2.45, 2.75) is 20.0 Å². The molecule has 0 fully saturated rings. The second kappa shape index (κ2) is 6.48. The Bertz CT molecular complexity index is 841. The van der Waals surface area contributed by atoms with Crippen molar-refractivity contribution < 1.29 is 14.3 Å². The highest BCUT2D eigenvalue weighted by Crippen LogP contribution is 2.20. The zero-order chi connectivity index (χ0) is 16.2. The number of fused-ring (bicyclic) bond motifs is 1. The quantitative estimate of drug-likeness (QED) is 0.413. The molecule has 0 spiro atoms. The van der Waals surface area contributed by atoms with Gasteiger partial charge in [-0.15, -0.1) is 0 Å². The summed E-state index contributed by atoms with van der Waals surface area (Å²) in [6, 6.07) is 16.8. The highest BCUT2D eigenvalue weighted by atomic mass is 16.5. The minimum Gasteiger partial charge on any atom is -0.618 e. The molecule has 0 unspecified atom stereocenters. The highest BCUT2D eigenvalue weighted by Gasteiger charge is 2.12. The van der Waals surface area contributed by atoms with Crippen LogP contribution in [0.15, 0.2) is 54.6 Å². The summed E-state index contributed by atoms with van der Waals surface area (Å²) in [4.78, 5) is 10.5. The van der Waals surface area contributed by atoms with Crippen LogP contribution in [0.25, 0.3) is 10.9 Å². The predicted molar refractivity (Wildman–Crippen MR) is 88.2 cm³/mol. The molecule has 3 rings (SSSR count). The molecule has 0 amide bonds. The van der Waals surface area contributed by atoms with Crippen molar-refractivity contribution in [1.82, 2.24) is 0 Å². The minimum absolute atomic E-state index is 0.384. The number of carbonyl (C=O) groups excluding carboxylic acids is 1. The van der Waals surface area contributed by atoms with Gasteiger partial charge in [-0.1, -0.05) is 24.3 Å². The number of para-hydroxylation sites is 1. The van der Waals surface area contributed by atoms with E-state index < -0.39 is 0 Å². The standard InChI is InChI=1S/C19H17NO3/c1-14-12-16(18-4-2-3-5-19(18)20(14)22)13-23-17-8-6-15(7-9-17)10-11-21/h2-9,11-12H,10,13H2,1H3. The molecule has 0 atom stereocenters. The zero-order valence-corrected chi connectivity index (χ0v) is 12.9. The van der Waals surface area contributed by atoms with Gasteiger partial charge in [-0.05, 0) is 23.8 Å². The van der Waals surface area contributed by atoms with E-state index >= 15 is 0 Å². The maximum atomic E-state index is 12.1. The SMILES string of the molecule is Cc1cc(COc2ccc(CC=O)cc2)c2ccccc2[n+]1[O-]. The van der Waals surface area contributed by atoms with Gasteiger partial charge in [0.15, 0.2) is 5.69 Å². The van der Waals surface area contributed by atoms with E-state index in [4.69, 9.17) is 4.74 Å². The summed E-state index contributed by atoms with van der Waals surface area (Å²) in [5.41, 5.74) is 3.22. The van der Waals surface area contributed by atoms with Crippen LogP contribution in [-0.2, 0) is 17.8 Å². The van der Waals surface area contributed by atoms with Gasteiger partial charge in [-0.2, -0.15) is 4.73 Å². The van der Waals surface area contributed by atoms with Gasteiger partial charge >= 0.3 is 0 Å². The first kappa shape index (κ1) is 15.0. The Kier molecular flexibility index (Phi) is 4.24. The summed E-state index contributed by atoms with van der Waals surface area (Å²) in [6.07, 6.45) is 1.29. The Morgan fingerprint density at radius 2 is 1.87 bits per heavy atom. The van der Waals surface area contributed by atoms with E-state index in [9.17, 15) is 10.0 Å². The molecule has 0 saturated heterocycles. The molecule has 0 N–H and O–H groups in total. The fraction of sp³-hybridized carbons (Fsp3) is 0.158. The van der Waals surface area contributed by atoms with Crippen LogP contribution in [0.3, 0.4) is 0 Å². The summed E-state index contributed by atoms with van der Waals surface area (Å²) in [5, 5.41) is 13.0. The van der Waals surface area contributed by atoms with Crippen molar-refractivity contribution in [3.8, 4) is 5.75 Å².